The maximum Gasteiger partial charge on any atom is 1.00 e. The van der Waals surface area contributed by atoms with Gasteiger partial charge in [0.1, 0.15) is 6.61 Å². The molecule has 0 aliphatic heterocycles. The quantitative estimate of drug-likeness (QED) is 0.0471. The van der Waals surface area contributed by atoms with Crippen LogP contribution in [-0.4, -0.2) is 31.3 Å². The van der Waals surface area contributed by atoms with Crippen LogP contribution in [0.3, 0.4) is 0 Å². The Labute approximate surface area is 271 Å². The first-order chi connectivity index (χ1) is 17.3. The van der Waals surface area contributed by atoms with Crippen LogP contribution in [0.5, 0.6) is 0 Å². The molecule has 8 nitrogen and oxygen atoms in total. The van der Waals surface area contributed by atoms with Gasteiger partial charge in [0.25, 0.3) is 0 Å². The molecule has 0 aromatic carbocycles. The number of hydrogen-bond donors (Lipinski definition) is 0. The third kappa shape index (κ3) is 31.1. The molecule has 0 saturated heterocycles. The second kappa shape index (κ2) is 28.8. The first-order valence-electron chi connectivity index (χ1n) is 11.7. The molecule has 1 atom stereocenters. The van der Waals surface area contributed by atoms with Crippen molar-refractivity contribution in [2.45, 2.75) is 84.2 Å². The topological polar surface area (TPSA) is 125 Å². The fourth-order valence-electron chi connectivity index (χ4n) is 2.65. The normalized spacial score (nSPS) is 9.68. The zero-order valence-corrected chi connectivity index (χ0v) is 27.7. The molecule has 0 aliphatic rings. The Morgan fingerprint density at radius 3 is 1.79 bits per heavy atom. The minimum atomic E-state index is -5.30. The van der Waals surface area contributed by atoms with Crippen molar-refractivity contribution in [2.75, 3.05) is 13.2 Å². The van der Waals surface area contributed by atoms with Crippen molar-refractivity contribution < 1.29 is 97.1 Å². The molecule has 0 unspecified atom stereocenters. The fourth-order valence-corrected chi connectivity index (χ4v) is 3.00. The molecule has 11 heteroatoms. The Kier molecular flexibility index (Phi) is 31.4. The number of hydrogen-bond acceptors (Lipinski definition) is 8. The molecular weight excluding hydrogens is 529 g/mol. The molecular formula is C27H31Na2O8P. The number of unbranched alkanes of at least 4 members (excludes halogenated alkanes) is 8. The maximum atomic E-state index is 12.1. The van der Waals surface area contributed by atoms with E-state index in [1.807, 2.05) is 0 Å². The first-order valence-corrected chi connectivity index (χ1v) is 13.2. The Balaban J connectivity index is -0.00000612. The second-order valence-electron chi connectivity index (χ2n) is 7.41. The van der Waals surface area contributed by atoms with Crippen LogP contribution in [0.15, 0.2) is 0 Å². The molecule has 0 amide bonds. The molecule has 38 heavy (non-hydrogen) atoms. The molecule has 0 aromatic heterocycles. The van der Waals surface area contributed by atoms with E-state index in [1.54, 1.807) is 6.92 Å². The van der Waals surface area contributed by atoms with Gasteiger partial charge in [0.05, 0.1) is 14.4 Å². The largest absolute Gasteiger partial charge is 1.00 e. The molecule has 0 aromatic rings. The SMILES string of the molecule is CC#CC#CC#CC#CC#CC(=O)OC[C@@H](COP(=O)([O-])[O-])OC(=O)CCCCCCCCCCC.[Na+].[Na+]. The van der Waals surface area contributed by atoms with E-state index < -0.39 is 39.1 Å². The van der Waals surface area contributed by atoms with E-state index in [0.717, 1.165) is 19.3 Å². The molecule has 0 radical (unpaired) electrons. The first kappa shape index (κ1) is 41.3. The molecule has 0 aliphatic carbocycles. The van der Waals surface area contributed by atoms with Crippen LogP contribution in [0.25, 0.3) is 0 Å². The van der Waals surface area contributed by atoms with E-state index in [1.165, 1.54) is 32.1 Å². The molecule has 0 rings (SSSR count). The van der Waals surface area contributed by atoms with Crippen molar-refractivity contribution >= 4 is 19.8 Å². The molecule has 194 valence electrons. The van der Waals surface area contributed by atoms with Crippen LogP contribution < -0.4 is 68.9 Å². The summed E-state index contributed by atoms with van der Waals surface area (Å²) in [4.78, 5) is 45.3. The maximum absolute atomic E-state index is 12.1. The Bertz CT molecular complexity index is 1040. The van der Waals surface area contributed by atoms with Crippen LogP contribution in [0.1, 0.15) is 78.1 Å². The molecule has 0 heterocycles. The summed E-state index contributed by atoms with van der Waals surface area (Å²) in [6.07, 6.45) is 8.50. The smallest absolute Gasteiger partial charge is 0.790 e. The van der Waals surface area contributed by atoms with Gasteiger partial charge in [0.15, 0.2) is 6.10 Å². The zero-order chi connectivity index (χ0) is 26.9. The van der Waals surface area contributed by atoms with Gasteiger partial charge >= 0.3 is 71.1 Å². The minimum absolute atomic E-state index is 0. The van der Waals surface area contributed by atoms with Crippen molar-refractivity contribution in [2.24, 2.45) is 0 Å². The van der Waals surface area contributed by atoms with Crippen molar-refractivity contribution in [3.05, 3.63) is 0 Å². The summed E-state index contributed by atoms with van der Waals surface area (Å²) in [6.45, 7) is 2.50. The Morgan fingerprint density at radius 2 is 1.26 bits per heavy atom. The van der Waals surface area contributed by atoms with Crippen molar-refractivity contribution in [1.29, 1.82) is 0 Å². The number of rotatable bonds is 16. The molecule has 0 spiro atoms. The van der Waals surface area contributed by atoms with Crippen molar-refractivity contribution in [1.82, 2.24) is 0 Å². The summed E-state index contributed by atoms with van der Waals surface area (Å²) >= 11 is 0. The van der Waals surface area contributed by atoms with Crippen molar-refractivity contribution in [3.63, 3.8) is 0 Å². The monoisotopic (exact) mass is 560 g/mol. The van der Waals surface area contributed by atoms with Gasteiger partial charge in [-0.25, -0.2) is 4.79 Å². The van der Waals surface area contributed by atoms with E-state index >= 15 is 0 Å². The zero-order valence-electron chi connectivity index (χ0n) is 22.8. The standard InChI is InChI=1S/C27H33O8P.2Na/c1-3-5-7-9-11-13-15-17-19-21-26(28)33-23-25(24-34-36(30,31)32)35-27(29)22-20-18-16-14-12-10-8-6-4-2;;/h25H,4,6,8,10,12,14,16,18,20,22-24H2,1-2H3,(H2,30,31,32);;/q;2*+1/p-2/t25-;;/m0../s1. The molecule has 0 saturated carbocycles. The van der Waals surface area contributed by atoms with Gasteiger partial charge in [-0.2, -0.15) is 0 Å². The third-order valence-corrected chi connectivity index (χ3v) is 4.79. The van der Waals surface area contributed by atoms with Crippen molar-refractivity contribution in [3.8, 4) is 59.2 Å². The summed E-state index contributed by atoms with van der Waals surface area (Å²) < 4.78 is 24.9. The summed E-state index contributed by atoms with van der Waals surface area (Å²) in [6, 6.07) is 0. The van der Waals surface area contributed by atoms with Gasteiger partial charge in [0, 0.05) is 12.3 Å². The average molecular weight is 560 g/mol. The predicted octanol–water partition coefficient (Wildman–Crippen LogP) is -3.75. The van der Waals surface area contributed by atoms with E-state index in [9.17, 15) is 23.9 Å². The van der Waals surface area contributed by atoms with E-state index in [0.29, 0.717) is 6.42 Å². The van der Waals surface area contributed by atoms with Crippen LogP contribution in [-0.2, 0) is 28.2 Å². The molecule has 0 bridgehead atoms. The number of ether oxygens (including phenoxy) is 2. The second-order valence-corrected chi connectivity index (χ2v) is 8.56. The van der Waals surface area contributed by atoms with Crippen LogP contribution in [0, 0.1) is 59.2 Å². The summed E-state index contributed by atoms with van der Waals surface area (Å²) in [5.41, 5.74) is 0. The number of carbonyl (C=O) groups is 2. The Hall–Kier alpha value is -1.15. The number of esters is 2. The summed E-state index contributed by atoms with van der Waals surface area (Å²) in [5.74, 6) is 22.1. The van der Waals surface area contributed by atoms with Gasteiger partial charge in [-0.1, -0.05) is 64.2 Å². The third-order valence-electron chi connectivity index (χ3n) is 4.33. The number of phosphoric acid groups is 1. The van der Waals surface area contributed by atoms with E-state index in [-0.39, 0.29) is 65.5 Å². The summed E-state index contributed by atoms with van der Waals surface area (Å²) in [5, 5.41) is 0. The molecule has 0 N–H and O–H groups in total. The van der Waals surface area contributed by atoms with Gasteiger partial charge < -0.3 is 28.3 Å². The van der Waals surface area contributed by atoms with Gasteiger partial charge in [-0.05, 0) is 60.7 Å². The predicted molar refractivity (Wildman–Crippen MR) is 131 cm³/mol. The van der Waals surface area contributed by atoms with Crippen LogP contribution in [0.2, 0.25) is 0 Å². The Morgan fingerprint density at radius 1 is 0.763 bits per heavy atom. The fraction of sp³-hybridized carbons (Fsp3) is 0.556. The van der Waals surface area contributed by atoms with E-state index in [2.05, 4.69) is 70.7 Å². The van der Waals surface area contributed by atoms with Crippen LogP contribution in [0.4, 0.5) is 0 Å². The minimum Gasteiger partial charge on any atom is -0.790 e. The van der Waals surface area contributed by atoms with E-state index in [4.69, 9.17) is 9.47 Å². The van der Waals surface area contributed by atoms with Gasteiger partial charge in [-0.3, -0.25) is 4.79 Å². The summed E-state index contributed by atoms with van der Waals surface area (Å²) in [7, 11) is -5.30. The van der Waals surface area contributed by atoms with Crippen LogP contribution >= 0.6 is 7.82 Å². The number of carbonyl (C=O) groups excluding carboxylic acids is 2. The number of phosphoric ester groups is 1. The van der Waals surface area contributed by atoms with Gasteiger partial charge in [-0.15, -0.1) is 0 Å². The van der Waals surface area contributed by atoms with Gasteiger partial charge in [0.2, 0.25) is 0 Å². The molecule has 0 fully saturated rings. The average Bonchev–Trinajstić information content (AvgIpc) is 2.83.